The number of hydrazine groups is 1. The third-order valence-electron chi connectivity index (χ3n) is 0.793. The van der Waals surface area contributed by atoms with Crippen LogP contribution in [0, 0.1) is 11.8 Å². The summed E-state index contributed by atoms with van der Waals surface area (Å²) in [5.41, 5.74) is 1.91. The van der Waals surface area contributed by atoms with E-state index in [1.807, 2.05) is 5.43 Å². The van der Waals surface area contributed by atoms with Crippen molar-refractivity contribution in [2.45, 2.75) is 6.92 Å². The largest absolute Gasteiger partial charge is 0.362 e. The van der Waals surface area contributed by atoms with Crippen molar-refractivity contribution in [3.63, 3.8) is 0 Å². The van der Waals surface area contributed by atoms with E-state index in [4.69, 9.17) is 5.21 Å². The molecule has 54 valence electrons. The van der Waals surface area contributed by atoms with Crippen molar-refractivity contribution in [1.82, 2.24) is 15.2 Å². The molecule has 1 aromatic heterocycles. The minimum Gasteiger partial charge on any atom is -0.261 e. The lowest BCUT2D eigenvalue weighted by Gasteiger charge is -1.78. The molecule has 0 radical (unpaired) electrons. The molecule has 0 aliphatic heterocycles. The van der Waals surface area contributed by atoms with E-state index in [9.17, 15) is 4.91 Å². The highest BCUT2D eigenvalue weighted by molar-refractivity contribution is 5.16. The number of hydrogen-bond acceptors (Lipinski definition) is 3. The molecule has 1 heterocycles. The molecule has 0 fully saturated rings. The number of nitrogens with zero attached hydrogens (tertiary/aromatic N) is 3. The summed E-state index contributed by atoms with van der Waals surface area (Å²) in [7, 11) is 0. The third kappa shape index (κ3) is 1.41. The Morgan fingerprint density at radius 3 is 2.90 bits per heavy atom. The monoisotopic (exact) mass is 144 g/mol. The fourth-order valence-corrected chi connectivity index (χ4v) is 0.478. The fourth-order valence-electron chi connectivity index (χ4n) is 0.478. The second-order valence-electron chi connectivity index (χ2n) is 1.63. The van der Waals surface area contributed by atoms with E-state index in [0.29, 0.717) is 5.82 Å². The van der Waals surface area contributed by atoms with Crippen molar-refractivity contribution in [3.05, 3.63) is 10.7 Å². The van der Waals surface area contributed by atoms with Gasteiger partial charge in [-0.3, -0.25) is 5.10 Å². The predicted octanol–water partition coefficient (Wildman–Crippen LogP) is -0.392. The predicted molar refractivity (Wildman–Crippen MR) is 30.2 cm³/mol. The SMILES string of the molecule is Cc1nc(N[N+](=O)O)n[nH]1. The maximum atomic E-state index is 9.89. The van der Waals surface area contributed by atoms with Gasteiger partial charge < -0.3 is 0 Å². The molecule has 10 heavy (non-hydrogen) atoms. The highest BCUT2D eigenvalue weighted by Crippen LogP contribution is 1.94. The second-order valence-corrected chi connectivity index (χ2v) is 1.63. The van der Waals surface area contributed by atoms with Crippen LogP contribution in [-0.2, 0) is 0 Å². The van der Waals surface area contributed by atoms with E-state index < -0.39 is 5.03 Å². The molecule has 7 nitrogen and oxygen atoms in total. The zero-order chi connectivity index (χ0) is 7.56. The van der Waals surface area contributed by atoms with Gasteiger partial charge in [0, 0.05) is 0 Å². The number of nitrogens with one attached hydrogen (secondary N) is 2. The van der Waals surface area contributed by atoms with Gasteiger partial charge >= 0.3 is 11.0 Å². The van der Waals surface area contributed by atoms with Crippen molar-refractivity contribution in [2.24, 2.45) is 0 Å². The summed E-state index contributed by atoms with van der Waals surface area (Å²) in [5.74, 6) is 0.597. The number of hydrogen-bond donors (Lipinski definition) is 3. The van der Waals surface area contributed by atoms with Crippen LogP contribution >= 0.6 is 0 Å². The first-order chi connectivity index (χ1) is 4.68. The van der Waals surface area contributed by atoms with E-state index in [1.165, 1.54) is 0 Å². The number of H-pyrrole nitrogens is 1. The Morgan fingerprint density at radius 1 is 1.80 bits per heavy atom. The van der Waals surface area contributed by atoms with Crippen LogP contribution < -0.4 is 5.43 Å². The van der Waals surface area contributed by atoms with Crippen LogP contribution in [0.2, 0.25) is 0 Å². The molecular formula is C3H6N5O2+. The first-order valence-corrected chi connectivity index (χ1v) is 2.50. The first kappa shape index (κ1) is 6.46. The van der Waals surface area contributed by atoms with Crippen molar-refractivity contribution in [2.75, 3.05) is 5.43 Å². The zero-order valence-corrected chi connectivity index (χ0v) is 5.20. The Morgan fingerprint density at radius 2 is 2.50 bits per heavy atom. The van der Waals surface area contributed by atoms with E-state index in [-0.39, 0.29) is 5.95 Å². The van der Waals surface area contributed by atoms with Gasteiger partial charge in [0.2, 0.25) is 0 Å². The molecule has 0 aromatic carbocycles. The molecule has 0 saturated heterocycles. The molecule has 0 aliphatic carbocycles. The summed E-state index contributed by atoms with van der Waals surface area (Å²) < 4.78 is 0. The molecule has 3 N–H and O–H groups in total. The minimum atomic E-state index is -0.470. The highest BCUT2D eigenvalue weighted by atomic mass is 16.7. The number of aromatic amines is 1. The highest BCUT2D eigenvalue weighted by Gasteiger charge is 2.07. The van der Waals surface area contributed by atoms with Crippen molar-refractivity contribution in [1.29, 1.82) is 0 Å². The summed E-state index contributed by atoms with van der Waals surface area (Å²) in [6.45, 7) is 1.67. The van der Waals surface area contributed by atoms with Gasteiger partial charge in [0.05, 0.1) is 0 Å². The Bertz CT molecular complexity index is 243. The maximum Gasteiger partial charge on any atom is 0.362 e. The van der Waals surface area contributed by atoms with Crippen LogP contribution in [0.25, 0.3) is 0 Å². The zero-order valence-electron chi connectivity index (χ0n) is 5.20. The molecule has 0 amide bonds. The molecule has 0 bridgehead atoms. The van der Waals surface area contributed by atoms with E-state index in [1.54, 1.807) is 6.92 Å². The fraction of sp³-hybridized carbons (Fsp3) is 0.333. The molecule has 7 heteroatoms. The molecule has 0 saturated carbocycles. The lowest BCUT2D eigenvalue weighted by molar-refractivity contribution is -0.770. The van der Waals surface area contributed by atoms with Crippen LogP contribution in [0.3, 0.4) is 0 Å². The van der Waals surface area contributed by atoms with Crippen molar-refractivity contribution < 1.29 is 10.2 Å². The smallest absolute Gasteiger partial charge is 0.261 e. The van der Waals surface area contributed by atoms with E-state index in [0.717, 1.165) is 0 Å². The van der Waals surface area contributed by atoms with E-state index in [2.05, 4.69) is 15.2 Å². The Labute approximate surface area is 55.6 Å². The molecular weight excluding hydrogens is 138 g/mol. The van der Waals surface area contributed by atoms with Gasteiger partial charge in [0.25, 0.3) is 0 Å². The molecule has 1 rings (SSSR count). The van der Waals surface area contributed by atoms with Gasteiger partial charge in [-0.25, -0.2) is 5.21 Å². The summed E-state index contributed by atoms with van der Waals surface area (Å²) >= 11 is 0. The first-order valence-electron chi connectivity index (χ1n) is 2.50. The van der Waals surface area contributed by atoms with Crippen LogP contribution in [0.5, 0.6) is 0 Å². The molecule has 1 aromatic rings. The number of aryl methyl sites for hydroxylation is 1. The lowest BCUT2D eigenvalue weighted by Crippen LogP contribution is -2.11. The summed E-state index contributed by atoms with van der Waals surface area (Å²) in [6.07, 6.45) is 0. The summed E-state index contributed by atoms with van der Waals surface area (Å²) in [4.78, 5) is 13.6. The van der Waals surface area contributed by atoms with Gasteiger partial charge in [0.15, 0.2) is 0 Å². The average molecular weight is 144 g/mol. The molecule has 0 atom stereocenters. The summed E-state index contributed by atoms with van der Waals surface area (Å²) in [5, 5.41) is 13.6. The molecule has 0 spiro atoms. The van der Waals surface area contributed by atoms with Crippen LogP contribution in [0.4, 0.5) is 5.95 Å². The van der Waals surface area contributed by atoms with Crippen LogP contribution in [0.15, 0.2) is 0 Å². The molecule has 0 unspecified atom stereocenters. The minimum absolute atomic E-state index is 0.0370. The van der Waals surface area contributed by atoms with Crippen molar-refractivity contribution in [3.8, 4) is 0 Å². The van der Waals surface area contributed by atoms with Gasteiger partial charge in [-0.2, -0.15) is 4.98 Å². The van der Waals surface area contributed by atoms with E-state index >= 15 is 0 Å². The topological polar surface area (TPSA) is 93.9 Å². The van der Waals surface area contributed by atoms with Gasteiger partial charge in [-0.15, -0.1) is 5.10 Å². The van der Waals surface area contributed by atoms with Gasteiger partial charge in [0.1, 0.15) is 10.7 Å². The Balaban J connectivity index is 2.67. The van der Waals surface area contributed by atoms with Crippen LogP contribution in [0.1, 0.15) is 5.82 Å². The van der Waals surface area contributed by atoms with Gasteiger partial charge in [-0.1, -0.05) is 0 Å². The van der Waals surface area contributed by atoms with Crippen LogP contribution in [-0.4, -0.2) is 25.4 Å². The average Bonchev–Trinajstić information content (AvgIpc) is 2.13. The van der Waals surface area contributed by atoms with Crippen molar-refractivity contribution >= 4 is 5.95 Å². The van der Waals surface area contributed by atoms with Gasteiger partial charge in [-0.05, 0) is 12.3 Å². The number of rotatable bonds is 2. The lowest BCUT2D eigenvalue weighted by atomic mass is 10.8. The maximum absolute atomic E-state index is 9.89. The normalized spacial score (nSPS) is 9.30. The summed E-state index contributed by atoms with van der Waals surface area (Å²) in [6, 6.07) is 0. The Kier molecular flexibility index (Phi) is 1.48. The number of anilines is 1. The second kappa shape index (κ2) is 2.29. The Hall–Kier alpha value is -1.66. The quantitative estimate of drug-likeness (QED) is 0.491. The number of aromatic nitrogens is 3. The third-order valence-corrected chi connectivity index (χ3v) is 0.793. The standard InChI is InChI=1S/C3H6N5O2/c1-2-4-3(6-5-2)7-8(9)10/h1H3,(H,9,10)(H2,4,5,6,7)/q+1. The molecule has 0 aliphatic rings.